The van der Waals surface area contributed by atoms with Gasteiger partial charge in [0, 0.05) is 5.02 Å². The minimum atomic E-state index is -4.69. The zero-order valence-corrected chi connectivity index (χ0v) is 11.2. The fourth-order valence-electron chi connectivity index (χ4n) is 2.48. The van der Waals surface area contributed by atoms with Crippen molar-refractivity contribution in [1.29, 1.82) is 0 Å². The Morgan fingerprint density at radius 1 is 1.37 bits per heavy atom. The van der Waals surface area contributed by atoms with Gasteiger partial charge in [-0.05, 0) is 49.0 Å². The van der Waals surface area contributed by atoms with Crippen LogP contribution in [0.25, 0.3) is 0 Å². The van der Waals surface area contributed by atoms with Crippen LogP contribution in [0.3, 0.4) is 0 Å². The Labute approximate surface area is 114 Å². The molecule has 0 saturated carbocycles. The number of rotatable bonds is 2. The highest BCUT2D eigenvalue weighted by Gasteiger charge is 2.32. The molecule has 0 spiro atoms. The summed E-state index contributed by atoms with van der Waals surface area (Å²) in [6.45, 7) is 3.89. The molecule has 0 radical (unpaired) electrons. The van der Waals surface area contributed by atoms with Crippen LogP contribution < -0.4 is 10.1 Å². The summed E-state index contributed by atoms with van der Waals surface area (Å²) in [7, 11) is 0. The predicted octanol–water partition coefficient (Wildman–Crippen LogP) is 3.95. The molecule has 1 N–H and O–H groups in total. The maximum atomic E-state index is 12.1. The Balaban J connectivity index is 2.19. The maximum Gasteiger partial charge on any atom is 0.573 e. The molecule has 2 rings (SSSR count). The first kappa shape index (κ1) is 14.5. The lowest BCUT2D eigenvalue weighted by Crippen LogP contribution is -2.33. The normalized spacial score (nSPS) is 24.3. The molecule has 19 heavy (non-hydrogen) atoms. The molecule has 1 aromatic carbocycles. The predicted molar refractivity (Wildman–Crippen MR) is 67.5 cm³/mol. The molecule has 6 heteroatoms. The smallest absolute Gasteiger partial charge is 0.406 e. The van der Waals surface area contributed by atoms with Crippen molar-refractivity contribution in [2.75, 3.05) is 13.1 Å². The number of nitrogens with one attached hydrogen (secondary N) is 1. The van der Waals surface area contributed by atoms with E-state index >= 15 is 0 Å². The van der Waals surface area contributed by atoms with Gasteiger partial charge >= 0.3 is 6.36 Å². The van der Waals surface area contributed by atoms with E-state index in [4.69, 9.17) is 11.6 Å². The van der Waals surface area contributed by atoms with Crippen LogP contribution in [-0.2, 0) is 0 Å². The third-order valence-corrected chi connectivity index (χ3v) is 3.72. The Hall–Kier alpha value is -0.940. The summed E-state index contributed by atoms with van der Waals surface area (Å²) < 4.78 is 40.2. The average molecular weight is 294 g/mol. The zero-order chi connectivity index (χ0) is 14.0. The Bertz CT molecular complexity index is 450. The minimum Gasteiger partial charge on any atom is -0.406 e. The van der Waals surface area contributed by atoms with Gasteiger partial charge in [0.2, 0.25) is 0 Å². The fraction of sp³-hybridized carbons (Fsp3) is 0.538. The van der Waals surface area contributed by atoms with E-state index < -0.39 is 6.36 Å². The van der Waals surface area contributed by atoms with Gasteiger partial charge in [-0.15, -0.1) is 13.2 Å². The van der Waals surface area contributed by atoms with Crippen LogP contribution in [0, 0.1) is 5.92 Å². The second-order valence-corrected chi connectivity index (χ2v) is 5.21. The molecule has 0 aromatic heterocycles. The Morgan fingerprint density at radius 2 is 2.11 bits per heavy atom. The summed E-state index contributed by atoms with van der Waals surface area (Å²) in [5, 5.41) is 3.61. The average Bonchev–Trinajstić information content (AvgIpc) is 2.28. The largest absolute Gasteiger partial charge is 0.573 e. The highest BCUT2D eigenvalue weighted by molar-refractivity contribution is 6.31. The van der Waals surface area contributed by atoms with Crippen molar-refractivity contribution in [2.24, 2.45) is 5.92 Å². The van der Waals surface area contributed by atoms with Crippen molar-refractivity contribution in [3.05, 3.63) is 28.8 Å². The zero-order valence-electron chi connectivity index (χ0n) is 10.4. The minimum absolute atomic E-state index is 0.272. The molecule has 2 atom stereocenters. The van der Waals surface area contributed by atoms with E-state index in [2.05, 4.69) is 17.0 Å². The van der Waals surface area contributed by atoms with Crippen molar-refractivity contribution in [1.82, 2.24) is 5.32 Å². The molecule has 1 saturated heterocycles. The standard InChI is InChI=1S/C13H15ClF3NO/c1-8-7-18-5-4-10(8)11-3-2-9(6-12(11)14)19-13(15,16)17/h2-3,6,8,10,18H,4-5,7H2,1H3/t8-,10+/m1/s1. The van der Waals surface area contributed by atoms with Crippen LogP contribution in [0.1, 0.15) is 24.8 Å². The number of benzene rings is 1. The lowest BCUT2D eigenvalue weighted by atomic mass is 9.82. The van der Waals surface area contributed by atoms with Crippen LogP contribution >= 0.6 is 11.6 Å². The Kier molecular flexibility index (Phi) is 4.26. The van der Waals surface area contributed by atoms with Crippen LogP contribution in [0.5, 0.6) is 5.75 Å². The quantitative estimate of drug-likeness (QED) is 0.891. The van der Waals surface area contributed by atoms with Gasteiger partial charge in [-0.1, -0.05) is 24.6 Å². The third kappa shape index (κ3) is 3.76. The van der Waals surface area contributed by atoms with Crippen molar-refractivity contribution in [3.63, 3.8) is 0 Å². The molecule has 0 bridgehead atoms. The maximum absolute atomic E-state index is 12.1. The molecule has 0 amide bonds. The second kappa shape index (κ2) is 5.59. The van der Waals surface area contributed by atoms with Gasteiger partial charge in [-0.3, -0.25) is 0 Å². The highest BCUT2D eigenvalue weighted by atomic mass is 35.5. The Morgan fingerprint density at radius 3 is 2.68 bits per heavy atom. The molecule has 1 aliphatic heterocycles. The molecular weight excluding hydrogens is 279 g/mol. The fourth-order valence-corrected chi connectivity index (χ4v) is 2.79. The molecule has 1 aromatic rings. The first-order chi connectivity index (χ1) is 8.87. The second-order valence-electron chi connectivity index (χ2n) is 4.81. The van der Waals surface area contributed by atoms with Crippen molar-refractivity contribution >= 4 is 11.6 Å². The number of piperidine rings is 1. The first-order valence-electron chi connectivity index (χ1n) is 6.13. The summed E-state index contributed by atoms with van der Waals surface area (Å²) in [5.74, 6) is 0.400. The number of alkyl halides is 3. The molecule has 106 valence electrons. The van der Waals surface area contributed by atoms with E-state index in [9.17, 15) is 13.2 Å². The van der Waals surface area contributed by atoms with Gasteiger partial charge in [-0.2, -0.15) is 0 Å². The van der Waals surface area contributed by atoms with Crippen LogP contribution in [0.15, 0.2) is 18.2 Å². The molecule has 1 fully saturated rings. The van der Waals surface area contributed by atoms with Crippen molar-refractivity contribution < 1.29 is 17.9 Å². The van der Waals surface area contributed by atoms with Crippen molar-refractivity contribution in [2.45, 2.75) is 25.6 Å². The van der Waals surface area contributed by atoms with E-state index in [1.807, 2.05) is 0 Å². The number of halogens is 4. The van der Waals surface area contributed by atoms with Gasteiger partial charge in [-0.25, -0.2) is 0 Å². The first-order valence-corrected chi connectivity index (χ1v) is 6.50. The third-order valence-electron chi connectivity index (χ3n) is 3.39. The lowest BCUT2D eigenvalue weighted by molar-refractivity contribution is -0.274. The van der Waals surface area contributed by atoms with E-state index in [-0.39, 0.29) is 11.7 Å². The summed E-state index contributed by atoms with van der Waals surface area (Å²) >= 11 is 6.09. The summed E-state index contributed by atoms with van der Waals surface area (Å²) in [5.41, 5.74) is 0.894. The van der Waals surface area contributed by atoms with Crippen LogP contribution in [0.2, 0.25) is 5.02 Å². The molecule has 2 nitrogen and oxygen atoms in total. The van der Waals surface area contributed by atoms with E-state index in [0.717, 1.165) is 25.1 Å². The van der Waals surface area contributed by atoms with Gasteiger partial charge in [0.1, 0.15) is 5.75 Å². The van der Waals surface area contributed by atoms with Gasteiger partial charge in [0.25, 0.3) is 0 Å². The van der Waals surface area contributed by atoms with Crippen LogP contribution in [0.4, 0.5) is 13.2 Å². The van der Waals surface area contributed by atoms with E-state index in [1.54, 1.807) is 6.07 Å². The number of hydrogen-bond donors (Lipinski definition) is 1. The number of ether oxygens (including phenoxy) is 1. The highest BCUT2D eigenvalue weighted by Crippen LogP contribution is 2.37. The van der Waals surface area contributed by atoms with E-state index in [0.29, 0.717) is 10.9 Å². The molecule has 1 aliphatic rings. The monoisotopic (exact) mass is 293 g/mol. The van der Waals surface area contributed by atoms with Crippen molar-refractivity contribution in [3.8, 4) is 5.75 Å². The summed E-state index contributed by atoms with van der Waals surface area (Å²) in [6.07, 6.45) is -3.76. The SMILES string of the molecule is C[C@@H]1CNCC[C@@H]1c1ccc(OC(F)(F)F)cc1Cl. The molecule has 1 heterocycles. The lowest BCUT2D eigenvalue weighted by Gasteiger charge is -2.30. The molecule has 0 unspecified atom stereocenters. The van der Waals surface area contributed by atoms with Gasteiger partial charge in [0.05, 0.1) is 0 Å². The molecular formula is C13H15ClF3NO. The molecule has 0 aliphatic carbocycles. The van der Waals surface area contributed by atoms with E-state index in [1.165, 1.54) is 12.1 Å². The van der Waals surface area contributed by atoms with Gasteiger partial charge in [0.15, 0.2) is 0 Å². The summed E-state index contributed by atoms with van der Waals surface area (Å²) in [4.78, 5) is 0. The van der Waals surface area contributed by atoms with Crippen LogP contribution in [-0.4, -0.2) is 19.5 Å². The van der Waals surface area contributed by atoms with Gasteiger partial charge < -0.3 is 10.1 Å². The topological polar surface area (TPSA) is 21.3 Å². The number of hydrogen-bond acceptors (Lipinski definition) is 2. The summed E-state index contributed by atoms with van der Waals surface area (Å²) in [6, 6.07) is 4.19.